The van der Waals surface area contributed by atoms with Gasteiger partial charge in [0.25, 0.3) is 0 Å². The van der Waals surface area contributed by atoms with Gasteiger partial charge in [0.05, 0.1) is 12.3 Å². The number of carbonyl (C=O) groups excluding carboxylic acids is 2. The number of halogens is 1. The summed E-state index contributed by atoms with van der Waals surface area (Å²) in [4.78, 5) is 25.4. The molecule has 0 fully saturated rings. The zero-order valence-corrected chi connectivity index (χ0v) is 22.1. The van der Waals surface area contributed by atoms with Crippen LogP contribution in [0, 0.1) is 5.82 Å². The molecule has 38 heavy (non-hydrogen) atoms. The lowest BCUT2D eigenvalue weighted by atomic mass is 9.78. The standard InChI is InChI=1S/C27H24FN3O.C2H6.2CH2O/c1-32-14-13-18-7-6-8-20(15-18)30-27-29-17-19-16-24(22-10-4-5-12-25(22)28)21-9-2-3-11-23(21)26(19)31-27;3*1-2/h2-12,15,17,24H,13-14,16H2,1H3,(H,29,30,31);1-2H3;2*1H2. The van der Waals surface area contributed by atoms with E-state index in [1.165, 1.54) is 11.6 Å². The Bertz CT molecular complexity index is 1300. The van der Waals surface area contributed by atoms with E-state index in [1.807, 2.05) is 70.0 Å². The highest BCUT2D eigenvalue weighted by molar-refractivity contribution is 5.73. The zero-order valence-electron chi connectivity index (χ0n) is 22.1. The van der Waals surface area contributed by atoms with Gasteiger partial charge in [0.2, 0.25) is 5.95 Å². The van der Waals surface area contributed by atoms with E-state index in [2.05, 4.69) is 34.6 Å². The fourth-order valence-electron chi connectivity index (χ4n) is 4.38. The normalized spacial score (nSPS) is 12.6. The van der Waals surface area contributed by atoms with E-state index in [0.717, 1.165) is 34.5 Å². The number of hydrogen-bond acceptors (Lipinski definition) is 6. The molecule has 0 saturated carbocycles. The number of rotatable bonds is 6. The van der Waals surface area contributed by atoms with Gasteiger partial charge in [0.1, 0.15) is 19.4 Å². The van der Waals surface area contributed by atoms with Crippen LogP contribution in [0.1, 0.15) is 42.0 Å². The lowest BCUT2D eigenvalue weighted by molar-refractivity contribution is -0.0987. The number of aromatic nitrogens is 2. The van der Waals surface area contributed by atoms with E-state index in [9.17, 15) is 4.39 Å². The molecule has 1 heterocycles. The van der Waals surface area contributed by atoms with Gasteiger partial charge in [-0.3, -0.25) is 0 Å². The Morgan fingerprint density at radius 1 is 0.947 bits per heavy atom. The molecule has 7 heteroatoms. The molecule has 1 aliphatic rings. The number of ether oxygens (including phenoxy) is 1. The number of nitrogens with zero attached hydrogens (tertiary/aromatic N) is 2. The Morgan fingerprint density at radius 2 is 1.63 bits per heavy atom. The quantitative estimate of drug-likeness (QED) is 0.313. The van der Waals surface area contributed by atoms with E-state index in [-0.39, 0.29) is 11.7 Å². The van der Waals surface area contributed by atoms with Gasteiger partial charge in [0, 0.05) is 30.5 Å². The van der Waals surface area contributed by atoms with Crippen LogP contribution in [-0.4, -0.2) is 37.3 Å². The number of benzene rings is 3. The van der Waals surface area contributed by atoms with E-state index < -0.39 is 0 Å². The molecule has 1 atom stereocenters. The first kappa shape index (κ1) is 30.0. The molecule has 0 aliphatic heterocycles. The number of methoxy groups -OCH3 is 1. The molecule has 198 valence electrons. The average Bonchev–Trinajstić information content (AvgIpc) is 2.99. The van der Waals surface area contributed by atoms with Crippen molar-refractivity contribution in [3.05, 3.63) is 107 Å². The summed E-state index contributed by atoms with van der Waals surface area (Å²) in [5.41, 5.74) is 6.88. The fraction of sp³-hybridized carbons (Fsp3) is 0.226. The molecular formula is C31H34FN3O3. The highest BCUT2D eigenvalue weighted by Gasteiger charge is 2.28. The van der Waals surface area contributed by atoms with Crippen LogP contribution in [0.4, 0.5) is 16.0 Å². The maximum Gasteiger partial charge on any atom is 0.227 e. The molecule has 1 aliphatic carbocycles. The van der Waals surface area contributed by atoms with Crippen LogP contribution < -0.4 is 5.32 Å². The second-order valence-electron chi connectivity index (χ2n) is 8.00. The van der Waals surface area contributed by atoms with Gasteiger partial charge in [-0.15, -0.1) is 0 Å². The second kappa shape index (κ2) is 15.8. The van der Waals surface area contributed by atoms with Crippen LogP contribution in [0.25, 0.3) is 11.3 Å². The minimum atomic E-state index is -0.177. The van der Waals surface area contributed by atoms with Crippen molar-refractivity contribution in [2.24, 2.45) is 0 Å². The Kier molecular flexibility index (Phi) is 12.5. The molecule has 0 amide bonds. The second-order valence-corrected chi connectivity index (χ2v) is 8.00. The Morgan fingerprint density at radius 3 is 2.34 bits per heavy atom. The summed E-state index contributed by atoms with van der Waals surface area (Å²) in [6.45, 7) is 8.68. The summed E-state index contributed by atoms with van der Waals surface area (Å²) in [5, 5.41) is 3.33. The monoisotopic (exact) mass is 515 g/mol. The summed E-state index contributed by atoms with van der Waals surface area (Å²) in [6.07, 6.45) is 3.38. The molecule has 1 N–H and O–H groups in total. The maximum absolute atomic E-state index is 14.6. The first-order valence-corrected chi connectivity index (χ1v) is 12.3. The fourth-order valence-corrected chi connectivity index (χ4v) is 4.38. The van der Waals surface area contributed by atoms with Gasteiger partial charge >= 0.3 is 0 Å². The third-order valence-corrected chi connectivity index (χ3v) is 5.94. The van der Waals surface area contributed by atoms with Crippen LogP contribution in [0.3, 0.4) is 0 Å². The summed E-state index contributed by atoms with van der Waals surface area (Å²) in [5.74, 6) is 0.315. The van der Waals surface area contributed by atoms with E-state index in [0.29, 0.717) is 24.5 Å². The Labute approximate surface area is 223 Å². The molecule has 3 aromatic carbocycles. The van der Waals surface area contributed by atoms with E-state index >= 15 is 0 Å². The number of anilines is 2. The Hall–Kier alpha value is -4.23. The largest absolute Gasteiger partial charge is 0.384 e. The molecular weight excluding hydrogens is 481 g/mol. The van der Waals surface area contributed by atoms with Crippen molar-refractivity contribution in [3.8, 4) is 11.3 Å². The molecule has 6 nitrogen and oxygen atoms in total. The SMILES string of the molecule is C=O.C=O.CC.COCCc1cccc(Nc2ncc3c(n2)-c2ccccc2C(c2ccccc2F)C3)c1. The van der Waals surface area contributed by atoms with Crippen molar-refractivity contribution in [1.29, 1.82) is 0 Å². The van der Waals surface area contributed by atoms with E-state index in [1.54, 1.807) is 13.2 Å². The summed E-state index contributed by atoms with van der Waals surface area (Å²) >= 11 is 0. The van der Waals surface area contributed by atoms with Crippen LogP contribution in [-0.2, 0) is 27.2 Å². The van der Waals surface area contributed by atoms with Crippen LogP contribution in [0.5, 0.6) is 0 Å². The summed E-state index contributed by atoms with van der Waals surface area (Å²) < 4.78 is 19.8. The van der Waals surface area contributed by atoms with Crippen molar-refractivity contribution in [1.82, 2.24) is 9.97 Å². The van der Waals surface area contributed by atoms with E-state index in [4.69, 9.17) is 19.3 Å². The smallest absolute Gasteiger partial charge is 0.227 e. The van der Waals surface area contributed by atoms with Gasteiger partial charge in [-0.2, -0.15) is 0 Å². The predicted octanol–water partition coefficient (Wildman–Crippen LogP) is 6.56. The molecule has 4 aromatic rings. The molecule has 1 unspecified atom stereocenters. The molecule has 1 aromatic heterocycles. The topological polar surface area (TPSA) is 81.2 Å². The van der Waals surface area contributed by atoms with Crippen molar-refractivity contribution in [2.45, 2.75) is 32.6 Å². The predicted molar refractivity (Wildman–Crippen MR) is 150 cm³/mol. The van der Waals surface area contributed by atoms with Crippen LogP contribution >= 0.6 is 0 Å². The van der Waals surface area contributed by atoms with Gasteiger partial charge < -0.3 is 19.6 Å². The highest BCUT2D eigenvalue weighted by atomic mass is 19.1. The number of nitrogens with one attached hydrogen (secondary N) is 1. The zero-order chi connectivity index (χ0) is 27.9. The van der Waals surface area contributed by atoms with Crippen LogP contribution in [0.2, 0.25) is 0 Å². The Balaban J connectivity index is 0.000000791. The van der Waals surface area contributed by atoms with Crippen molar-refractivity contribution < 1.29 is 18.7 Å². The number of hydrogen-bond donors (Lipinski definition) is 1. The number of carbonyl (C=O) groups is 2. The first-order valence-electron chi connectivity index (χ1n) is 12.3. The lowest BCUT2D eigenvalue weighted by Gasteiger charge is -2.27. The molecule has 5 rings (SSSR count). The maximum atomic E-state index is 14.6. The third kappa shape index (κ3) is 7.17. The molecule has 0 bridgehead atoms. The molecule has 0 saturated heterocycles. The minimum Gasteiger partial charge on any atom is -0.384 e. The molecule has 0 radical (unpaired) electrons. The summed E-state index contributed by atoms with van der Waals surface area (Å²) in [7, 11) is 1.71. The van der Waals surface area contributed by atoms with Crippen molar-refractivity contribution >= 4 is 25.2 Å². The molecule has 0 spiro atoms. The first-order chi connectivity index (χ1) is 18.7. The van der Waals surface area contributed by atoms with Crippen molar-refractivity contribution in [2.75, 3.05) is 19.0 Å². The van der Waals surface area contributed by atoms with Crippen LogP contribution in [0.15, 0.2) is 79.0 Å². The lowest BCUT2D eigenvalue weighted by Crippen LogP contribution is -2.16. The van der Waals surface area contributed by atoms with Gasteiger partial charge in [-0.1, -0.05) is 68.4 Å². The highest BCUT2D eigenvalue weighted by Crippen LogP contribution is 2.42. The number of fused-ring (bicyclic) bond motifs is 3. The van der Waals surface area contributed by atoms with Gasteiger partial charge in [-0.05, 0) is 53.3 Å². The van der Waals surface area contributed by atoms with Gasteiger partial charge in [0.15, 0.2) is 0 Å². The summed E-state index contributed by atoms with van der Waals surface area (Å²) in [6, 6.07) is 23.3. The minimum absolute atomic E-state index is 0.0558. The average molecular weight is 516 g/mol. The van der Waals surface area contributed by atoms with Crippen molar-refractivity contribution in [3.63, 3.8) is 0 Å². The third-order valence-electron chi connectivity index (χ3n) is 5.94. The van der Waals surface area contributed by atoms with Gasteiger partial charge in [-0.25, -0.2) is 14.4 Å².